The molecule has 1 saturated carbocycles. The molecule has 1 atom stereocenters. The number of ether oxygens (including phenoxy) is 1. The standard InChI is InChI=1S/C22H26N2O4/c1-15-7-10-21(26)24(14-15)19(11-16-5-3-4-6-16)20(25)12-18-9-8-17(13-23-18)22(27)28-2/h7-10,13-14,16,19H,3-6,11-12H2,1-2H3/t19-/m0/s1. The lowest BCUT2D eigenvalue weighted by Gasteiger charge is -2.22. The average Bonchev–Trinajstić information content (AvgIpc) is 3.21. The fraction of sp³-hybridized carbons (Fsp3) is 0.455. The van der Waals surface area contributed by atoms with Crippen LogP contribution in [0, 0.1) is 12.8 Å². The summed E-state index contributed by atoms with van der Waals surface area (Å²) in [5, 5.41) is 0. The maximum absolute atomic E-state index is 13.1. The van der Waals surface area contributed by atoms with Crippen molar-refractivity contribution in [2.75, 3.05) is 7.11 Å². The van der Waals surface area contributed by atoms with E-state index in [0.29, 0.717) is 23.6 Å². The summed E-state index contributed by atoms with van der Waals surface area (Å²) in [6.45, 7) is 1.92. The van der Waals surface area contributed by atoms with Gasteiger partial charge in [-0.2, -0.15) is 0 Å². The lowest BCUT2D eigenvalue weighted by molar-refractivity contribution is -0.122. The monoisotopic (exact) mass is 382 g/mol. The van der Waals surface area contributed by atoms with Gasteiger partial charge in [-0.05, 0) is 37.0 Å². The van der Waals surface area contributed by atoms with E-state index in [4.69, 9.17) is 0 Å². The highest BCUT2D eigenvalue weighted by molar-refractivity contribution is 5.89. The fourth-order valence-corrected chi connectivity index (χ4v) is 3.88. The molecule has 28 heavy (non-hydrogen) atoms. The van der Waals surface area contributed by atoms with Crippen LogP contribution in [0.3, 0.4) is 0 Å². The summed E-state index contributed by atoms with van der Waals surface area (Å²) in [5.74, 6) is -0.0234. The van der Waals surface area contributed by atoms with Gasteiger partial charge in [-0.25, -0.2) is 4.79 Å². The predicted octanol–water partition coefficient (Wildman–Crippen LogP) is 3.27. The molecule has 2 heterocycles. The van der Waals surface area contributed by atoms with Crippen molar-refractivity contribution in [2.45, 2.75) is 51.5 Å². The van der Waals surface area contributed by atoms with Crippen LogP contribution in [0.15, 0.2) is 41.5 Å². The van der Waals surface area contributed by atoms with Crippen molar-refractivity contribution >= 4 is 11.8 Å². The van der Waals surface area contributed by atoms with Crippen molar-refractivity contribution in [3.63, 3.8) is 0 Å². The lowest BCUT2D eigenvalue weighted by Crippen LogP contribution is -2.31. The summed E-state index contributed by atoms with van der Waals surface area (Å²) in [5.41, 5.74) is 1.71. The summed E-state index contributed by atoms with van der Waals surface area (Å²) in [6.07, 6.45) is 8.58. The molecule has 0 aliphatic heterocycles. The second-order valence-corrected chi connectivity index (χ2v) is 7.53. The molecule has 0 aromatic carbocycles. The molecular formula is C22H26N2O4. The second kappa shape index (κ2) is 8.95. The molecule has 0 N–H and O–H groups in total. The van der Waals surface area contributed by atoms with Crippen LogP contribution in [0.1, 0.15) is 59.8 Å². The largest absolute Gasteiger partial charge is 0.465 e. The summed E-state index contributed by atoms with van der Waals surface area (Å²) < 4.78 is 6.25. The predicted molar refractivity (Wildman–Crippen MR) is 105 cm³/mol. The van der Waals surface area contributed by atoms with E-state index in [1.165, 1.54) is 32.2 Å². The van der Waals surface area contributed by atoms with Gasteiger partial charge in [0.05, 0.1) is 25.1 Å². The number of pyridine rings is 2. The highest BCUT2D eigenvalue weighted by atomic mass is 16.5. The Balaban J connectivity index is 1.82. The lowest BCUT2D eigenvalue weighted by atomic mass is 9.93. The van der Waals surface area contributed by atoms with Crippen molar-refractivity contribution in [3.8, 4) is 0 Å². The van der Waals surface area contributed by atoms with E-state index in [-0.39, 0.29) is 17.8 Å². The normalized spacial score (nSPS) is 15.4. The van der Waals surface area contributed by atoms with Crippen molar-refractivity contribution in [3.05, 3.63) is 63.8 Å². The highest BCUT2D eigenvalue weighted by Crippen LogP contribution is 2.32. The molecule has 0 saturated heterocycles. The van der Waals surface area contributed by atoms with Crippen LogP contribution in [0.5, 0.6) is 0 Å². The van der Waals surface area contributed by atoms with Gasteiger partial charge in [0.1, 0.15) is 0 Å². The van der Waals surface area contributed by atoms with Gasteiger partial charge in [0.2, 0.25) is 0 Å². The Morgan fingerprint density at radius 1 is 1.21 bits per heavy atom. The van der Waals surface area contributed by atoms with E-state index >= 15 is 0 Å². The number of carbonyl (C=O) groups is 2. The van der Waals surface area contributed by atoms with E-state index in [1.54, 1.807) is 29.0 Å². The Morgan fingerprint density at radius 2 is 1.96 bits per heavy atom. The zero-order valence-electron chi connectivity index (χ0n) is 16.4. The number of carbonyl (C=O) groups excluding carboxylic acids is 2. The van der Waals surface area contributed by atoms with Crippen molar-refractivity contribution in [1.29, 1.82) is 0 Å². The van der Waals surface area contributed by atoms with Crippen LogP contribution in [0.4, 0.5) is 0 Å². The first kappa shape index (κ1) is 20.0. The summed E-state index contributed by atoms with van der Waals surface area (Å²) >= 11 is 0. The first-order chi connectivity index (χ1) is 13.5. The van der Waals surface area contributed by atoms with Gasteiger partial charge in [0.15, 0.2) is 5.78 Å². The number of esters is 1. The first-order valence-electron chi connectivity index (χ1n) is 9.72. The maximum Gasteiger partial charge on any atom is 0.339 e. The van der Waals surface area contributed by atoms with Crippen LogP contribution in [-0.2, 0) is 16.0 Å². The molecule has 2 aromatic heterocycles. The topological polar surface area (TPSA) is 78.3 Å². The van der Waals surface area contributed by atoms with Gasteiger partial charge in [0, 0.05) is 24.2 Å². The number of methoxy groups -OCH3 is 1. The number of nitrogens with zero attached hydrogens (tertiary/aromatic N) is 2. The first-order valence-corrected chi connectivity index (χ1v) is 9.72. The Labute approximate surface area is 164 Å². The zero-order valence-corrected chi connectivity index (χ0v) is 16.4. The van der Waals surface area contributed by atoms with E-state index in [2.05, 4.69) is 9.72 Å². The molecule has 1 aliphatic carbocycles. The quantitative estimate of drug-likeness (QED) is 0.687. The number of Topliss-reactive ketones (excluding diaryl/α,β-unsaturated/α-hetero) is 1. The SMILES string of the molecule is COC(=O)c1ccc(CC(=O)[C@H](CC2CCCC2)n2cc(C)ccc2=O)nc1. The van der Waals surface area contributed by atoms with Crippen LogP contribution in [-0.4, -0.2) is 28.4 Å². The van der Waals surface area contributed by atoms with E-state index in [0.717, 1.165) is 18.4 Å². The Morgan fingerprint density at radius 3 is 2.61 bits per heavy atom. The molecule has 0 bridgehead atoms. The third-order valence-corrected chi connectivity index (χ3v) is 5.43. The fourth-order valence-electron chi connectivity index (χ4n) is 3.88. The second-order valence-electron chi connectivity index (χ2n) is 7.53. The number of aromatic nitrogens is 2. The summed E-state index contributed by atoms with van der Waals surface area (Å²) in [7, 11) is 1.31. The minimum Gasteiger partial charge on any atom is -0.465 e. The molecule has 6 nitrogen and oxygen atoms in total. The molecule has 0 unspecified atom stereocenters. The third-order valence-electron chi connectivity index (χ3n) is 5.43. The van der Waals surface area contributed by atoms with E-state index in [9.17, 15) is 14.4 Å². The van der Waals surface area contributed by atoms with Crippen molar-refractivity contribution < 1.29 is 14.3 Å². The number of ketones is 1. The van der Waals surface area contributed by atoms with E-state index in [1.807, 2.05) is 6.92 Å². The zero-order chi connectivity index (χ0) is 20.1. The van der Waals surface area contributed by atoms with Gasteiger partial charge in [0.25, 0.3) is 5.56 Å². The molecule has 2 aromatic rings. The molecule has 0 radical (unpaired) electrons. The Hall–Kier alpha value is -2.76. The van der Waals surface area contributed by atoms with Crippen molar-refractivity contribution in [2.24, 2.45) is 5.92 Å². The van der Waals surface area contributed by atoms with Crippen LogP contribution < -0.4 is 5.56 Å². The average molecular weight is 382 g/mol. The van der Waals surface area contributed by atoms with Gasteiger partial charge < -0.3 is 9.30 Å². The van der Waals surface area contributed by atoms with Crippen molar-refractivity contribution in [1.82, 2.24) is 9.55 Å². The summed E-state index contributed by atoms with van der Waals surface area (Å²) in [6, 6.07) is 6.07. The minimum atomic E-state index is -0.488. The number of hydrogen-bond donors (Lipinski definition) is 0. The smallest absolute Gasteiger partial charge is 0.339 e. The van der Waals surface area contributed by atoms with Crippen LogP contribution >= 0.6 is 0 Å². The highest BCUT2D eigenvalue weighted by Gasteiger charge is 2.27. The maximum atomic E-state index is 13.1. The minimum absolute atomic E-state index is 0.0297. The van der Waals surface area contributed by atoms with Gasteiger partial charge in [-0.15, -0.1) is 0 Å². The molecular weight excluding hydrogens is 356 g/mol. The van der Waals surface area contributed by atoms with E-state index < -0.39 is 12.0 Å². The molecule has 3 rings (SSSR count). The van der Waals surface area contributed by atoms with Crippen LogP contribution in [0.25, 0.3) is 0 Å². The molecule has 1 aliphatic rings. The Bertz CT molecular complexity index is 895. The van der Waals surface area contributed by atoms with Gasteiger partial charge in [-0.1, -0.05) is 31.7 Å². The third kappa shape index (κ3) is 4.74. The number of hydrogen-bond acceptors (Lipinski definition) is 5. The Kier molecular flexibility index (Phi) is 6.39. The molecule has 148 valence electrons. The van der Waals surface area contributed by atoms with Crippen LogP contribution in [0.2, 0.25) is 0 Å². The molecule has 0 amide bonds. The molecule has 0 spiro atoms. The molecule has 1 fully saturated rings. The summed E-state index contributed by atoms with van der Waals surface area (Å²) in [4.78, 5) is 41.4. The number of rotatable bonds is 7. The van der Waals surface area contributed by atoms with Gasteiger partial charge >= 0.3 is 5.97 Å². The van der Waals surface area contributed by atoms with Gasteiger partial charge in [-0.3, -0.25) is 14.6 Å². The molecule has 6 heteroatoms. The number of aryl methyl sites for hydroxylation is 1.